The molecule has 1 aromatic carbocycles. The molecule has 3 rings (SSSR count). The number of halogens is 1. The van der Waals surface area contributed by atoms with Crippen molar-refractivity contribution in [2.24, 2.45) is 11.3 Å². The number of carbonyl (C=O) groups is 3. The topological polar surface area (TPSA) is 94.2 Å². The molecule has 4 atom stereocenters. The van der Waals surface area contributed by atoms with Crippen molar-refractivity contribution in [3.05, 3.63) is 35.6 Å². The van der Waals surface area contributed by atoms with Gasteiger partial charge in [0.1, 0.15) is 23.1 Å². The third kappa shape index (κ3) is 7.68. The van der Waals surface area contributed by atoms with Gasteiger partial charge in [-0.25, -0.2) is 14.0 Å². The number of esters is 1. The van der Waals surface area contributed by atoms with Crippen LogP contribution in [0.2, 0.25) is 0 Å². The number of nitrogens with one attached hydrogen (secondary N) is 1. The van der Waals surface area contributed by atoms with Gasteiger partial charge in [0.05, 0.1) is 18.1 Å². The van der Waals surface area contributed by atoms with Crippen molar-refractivity contribution in [3.63, 3.8) is 0 Å². The first-order valence-electron chi connectivity index (χ1n) is 13.3. The quantitative estimate of drug-likeness (QED) is 0.489. The van der Waals surface area contributed by atoms with Gasteiger partial charge in [0.25, 0.3) is 0 Å². The predicted octanol–water partition coefficient (Wildman–Crippen LogP) is 4.64. The Bertz CT molecular complexity index is 1030. The number of nitrogens with zero attached hydrogens (tertiary/aromatic N) is 1. The van der Waals surface area contributed by atoms with Crippen molar-refractivity contribution in [3.8, 4) is 0 Å². The maximum atomic E-state index is 14.4. The van der Waals surface area contributed by atoms with E-state index >= 15 is 0 Å². The molecule has 2 amide bonds. The third-order valence-electron chi connectivity index (χ3n) is 7.08. The summed E-state index contributed by atoms with van der Waals surface area (Å²) in [4.78, 5) is 41.3. The Morgan fingerprint density at radius 1 is 1.08 bits per heavy atom. The van der Waals surface area contributed by atoms with Gasteiger partial charge in [-0.1, -0.05) is 25.1 Å². The van der Waals surface area contributed by atoms with Gasteiger partial charge in [-0.2, -0.15) is 0 Å². The smallest absolute Gasteiger partial charge is 0.410 e. The first kappa shape index (κ1) is 29.9. The highest BCUT2D eigenvalue weighted by atomic mass is 19.1. The van der Waals surface area contributed by atoms with Gasteiger partial charge < -0.3 is 24.4 Å². The van der Waals surface area contributed by atoms with E-state index in [1.807, 2.05) is 20.8 Å². The molecule has 1 saturated heterocycles. The normalized spacial score (nSPS) is 21.0. The Morgan fingerprint density at radius 2 is 1.68 bits per heavy atom. The molecule has 8 nitrogen and oxygen atoms in total. The second kappa shape index (κ2) is 11.2. The summed E-state index contributed by atoms with van der Waals surface area (Å²) >= 11 is 0. The van der Waals surface area contributed by atoms with E-state index in [1.54, 1.807) is 50.8 Å². The maximum Gasteiger partial charge on any atom is 0.410 e. The van der Waals surface area contributed by atoms with Crippen LogP contribution in [0.4, 0.5) is 9.18 Å². The zero-order valence-corrected chi connectivity index (χ0v) is 23.9. The number of amides is 2. The fraction of sp³-hybridized carbons (Fsp3) is 0.690. The fourth-order valence-electron chi connectivity index (χ4n) is 5.05. The lowest BCUT2D eigenvalue weighted by atomic mass is 9.91. The highest BCUT2D eigenvalue weighted by Gasteiger charge is 2.57. The summed E-state index contributed by atoms with van der Waals surface area (Å²) in [6.07, 6.45) is 1.63. The number of hydrogen-bond acceptors (Lipinski definition) is 6. The zero-order chi connectivity index (χ0) is 28.5. The van der Waals surface area contributed by atoms with Crippen LogP contribution < -0.4 is 5.32 Å². The summed E-state index contributed by atoms with van der Waals surface area (Å²) in [5, 5.41) is 2.78. The van der Waals surface area contributed by atoms with Gasteiger partial charge in [-0.3, -0.25) is 4.79 Å². The number of likely N-dealkylation sites (tertiary alicyclic amines) is 1. The van der Waals surface area contributed by atoms with Crippen molar-refractivity contribution < 1.29 is 33.0 Å². The molecule has 1 N–H and O–H groups in total. The molecule has 1 unspecified atom stereocenters. The lowest BCUT2D eigenvalue weighted by Gasteiger charge is -2.35. The number of methoxy groups -OCH3 is 1. The van der Waals surface area contributed by atoms with Crippen LogP contribution in [0.15, 0.2) is 24.3 Å². The number of rotatable bonds is 8. The van der Waals surface area contributed by atoms with Crippen LogP contribution in [-0.2, 0) is 30.2 Å². The van der Waals surface area contributed by atoms with Crippen LogP contribution >= 0.6 is 0 Å². The van der Waals surface area contributed by atoms with E-state index in [4.69, 9.17) is 14.2 Å². The van der Waals surface area contributed by atoms with E-state index in [0.717, 1.165) is 12.8 Å². The zero-order valence-electron chi connectivity index (χ0n) is 23.9. The standard InChI is InChI=1S/C29H43FN2O6/c1-18(23(36-8)22-16-29(13-14-29)17-32(22)26(35)38-28(5,6)7)24(33)31-21(25(34)37-27(2,3)4)15-19-11-9-10-12-20(19)30/h9-12,18,21-23H,13-17H2,1-8H3,(H,31,33)/t18-,21+,22?,23-/m1/s1. The van der Waals surface area contributed by atoms with Crippen LogP contribution in [0, 0.1) is 17.2 Å². The summed E-state index contributed by atoms with van der Waals surface area (Å²) in [5.74, 6) is -2.27. The van der Waals surface area contributed by atoms with Gasteiger partial charge in [-0.05, 0) is 77.8 Å². The van der Waals surface area contributed by atoms with Crippen LogP contribution in [0.5, 0.6) is 0 Å². The molecule has 0 bridgehead atoms. The molecule has 1 aliphatic carbocycles. The summed E-state index contributed by atoms with van der Waals surface area (Å²) in [6, 6.07) is 4.67. The number of ether oxygens (including phenoxy) is 3. The Balaban J connectivity index is 1.80. The van der Waals surface area contributed by atoms with E-state index in [-0.39, 0.29) is 17.9 Å². The van der Waals surface area contributed by atoms with Crippen molar-refractivity contribution in [1.82, 2.24) is 10.2 Å². The highest BCUT2D eigenvalue weighted by Crippen LogP contribution is 2.56. The van der Waals surface area contributed by atoms with E-state index in [0.29, 0.717) is 18.5 Å². The molecule has 2 aliphatic rings. The number of hydrogen-bond donors (Lipinski definition) is 1. The van der Waals surface area contributed by atoms with Crippen LogP contribution in [-0.4, -0.2) is 65.9 Å². The van der Waals surface area contributed by atoms with Crippen molar-refractivity contribution in [2.45, 2.75) is 104 Å². The Labute approximate surface area is 225 Å². The minimum Gasteiger partial charge on any atom is -0.458 e. The van der Waals surface area contributed by atoms with Gasteiger partial charge in [0, 0.05) is 20.1 Å². The number of benzene rings is 1. The molecule has 0 radical (unpaired) electrons. The average Bonchev–Trinajstić information content (AvgIpc) is 3.43. The van der Waals surface area contributed by atoms with Crippen molar-refractivity contribution >= 4 is 18.0 Å². The summed E-state index contributed by atoms with van der Waals surface area (Å²) in [5.41, 5.74) is -1.10. The van der Waals surface area contributed by atoms with Crippen LogP contribution in [0.3, 0.4) is 0 Å². The minimum absolute atomic E-state index is 0.0401. The Hall–Kier alpha value is -2.68. The van der Waals surface area contributed by atoms with E-state index < -0.39 is 53.1 Å². The average molecular weight is 535 g/mol. The Morgan fingerprint density at radius 3 is 2.21 bits per heavy atom. The minimum atomic E-state index is -1.10. The predicted molar refractivity (Wildman–Crippen MR) is 141 cm³/mol. The SMILES string of the molecule is CO[C@@H](C1CC2(CC2)CN1C(=O)OC(C)(C)C)[C@@H](C)C(=O)N[C@@H](Cc1ccccc1F)C(=O)OC(C)(C)C. The molecule has 1 aliphatic heterocycles. The van der Waals surface area contributed by atoms with Crippen molar-refractivity contribution in [1.29, 1.82) is 0 Å². The summed E-state index contributed by atoms with van der Waals surface area (Å²) in [7, 11) is 1.52. The van der Waals surface area contributed by atoms with Gasteiger partial charge in [-0.15, -0.1) is 0 Å². The van der Waals surface area contributed by atoms with Gasteiger partial charge in [0.15, 0.2) is 0 Å². The van der Waals surface area contributed by atoms with Gasteiger partial charge in [0.2, 0.25) is 5.91 Å². The highest BCUT2D eigenvalue weighted by molar-refractivity contribution is 5.86. The molecule has 1 heterocycles. The molecule has 1 saturated carbocycles. The molecule has 38 heavy (non-hydrogen) atoms. The van der Waals surface area contributed by atoms with E-state index in [1.165, 1.54) is 13.2 Å². The molecule has 1 aromatic rings. The lowest BCUT2D eigenvalue weighted by molar-refractivity contribution is -0.159. The molecule has 2 fully saturated rings. The maximum absolute atomic E-state index is 14.4. The second-order valence-corrected chi connectivity index (χ2v) is 12.8. The largest absolute Gasteiger partial charge is 0.458 e. The lowest BCUT2D eigenvalue weighted by Crippen LogP contribution is -2.53. The fourth-order valence-corrected chi connectivity index (χ4v) is 5.05. The van der Waals surface area contributed by atoms with Crippen LogP contribution in [0.25, 0.3) is 0 Å². The van der Waals surface area contributed by atoms with Crippen molar-refractivity contribution in [2.75, 3.05) is 13.7 Å². The molecular formula is C29H43FN2O6. The monoisotopic (exact) mass is 534 g/mol. The third-order valence-corrected chi connectivity index (χ3v) is 7.08. The summed E-state index contributed by atoms with van der Waals surface area (Å²) < 4.78 is 31.4. The molecule has 212 valence electrons. The Kier molecular flexibility index (Phi) is 8.81. The second-order valence-electron chi connectivity index (χ2n) is 12.8. The van der Waals surface area contributed by atoms with Crippen LogP contribution in [0.1, 0.15) is 73.3 Å². The molecule has 0 aromatic heterocycles. The number of carbonyl (C=O) groups excluding carboxylic acids is 3. The van der Waals surface area contributed by atoms with E-state index in [9.17, 15) is 18.8 Å². The van der Waals surface area contributed by atoms with E-state index in [2.05, 4.69) is 5.32 Å². The first-order valence-corrected chi connectivity index (χ1v) is 13.3. The molecule has 9 heteroatoms. The summed E-state index contributed by atoms with van der Waals surface area (Å²) in [6.45, 7) is 12.9. The van der Waals surface area contributed by atoms with Gasteiger partial charge >= 0.3 is 12.1 Å². The first-order chi connectivity index (χ1) is 17.5. The molecular weight excluding hydrogens is 491 g/mol. The molecule has 1 spiro atoms.